The summed E-state index contributed by atoms with van der Waals surface area (Å²) >= 11 is 3.35. The van der Waals surface area contributed by atoms with Gasteiger partial charge in [-0.15, -0.1) is 0 Å². The second-order valence-corrected chi connectivity index (χ2v) is 5.52. The van der Waals surface area contributed by atoms with Crippen molar-refractivity contribution in [3.05, 3.63) is 28.7 Å². The van der Waals surface area contributed by atoms with E-state index in [0.717, 1.165) is 30.2 Å². The first kappa shape index (κ1) is 13.9. The molecule has 0 aliphatic heterocycles. The molecule has 1 fully saturated rings. The summed E-state index contributed by atoms with van der Waals surface area (Å²) in [6, 6.07) is 9.57. The van der Waals surface area contributed by atoms with E-state index < -0.39 is 5.54 Å². The third kappa shape index (κ3) is 3.48. The van der Waals surface area contributed by atoms with Crippen LogP contribution in [-0.4, -0.2) is 18.1 Å². The van der Waals surface area contributed by atoms with Gasteiger partial charge in [-0.05, 0) is 53.7 Å². The van der Waals surface area contributed by atoms with Gasteiger partial charge in [0.05, 0.1) is 10.5 Å². The number of nitriles is 1. The van der Waals surface area contributed by atoms with Gasteiger partial charge in [0.25, 0.3) is 5.91 Å². The van der Waals surface area contributed by atoms with Crippen LogP contribution in [0.5, 0.6) is 5.75 Å². The smallest absolute Gasteiger partial charge is 0.259 e. The number of hydrogen-bond acceptors (Lipinski definition) is 3. The van der Waals surface area contributed by atoms with Crippen molar-refractivity contribution in [3.63, 3.8) is 0 Å². The fourth-order valence-electron chi connectivity index (χ4n) is 2.25. The number of nitrogens with one attached hydrogen (secondary N) is 1. The average Bonchev–Trinajstić information content (AvgIpc) is 2.87. The van der Waals surface area contributed by atoms with E-state index in [-0.39, 0.29) is 12.5 Å². The zero-order valence-electron chi connectivity index (χ0n) is 10.5. The van der Waals surface area contributed by atoms with Gasteiger partial charge in [-0.1, -0.05) is 12.1 Å². The first-order chi connectivity index (χ1) is 9.15. The molecule has 1 aromatic carbocycles. The van der Waals surface area contributed by atoms with E-state index in [2.05, 4.69) is 27.3 Å². The topological polar surface area (TPSA) is 62.1 Å². The molecule has 5 heteroatoms. The number of halogens is 1. The van der Waals surface area contributed by atoms with Crippen molar-refractivity contribution in [1.82, 2.24) is 5.32 Å². The van der Waals surface area contributed by atoms with Crippen LogP contribution in [0.1, 0.15) is 25.7 Å². The molecule has 1 aliphatic carbocycles. The van der Waals surface area contributed by atoms with Crippen LogP contribution in [0.15, 0.2) is 28.7 Å². The minimum absolute atomic E-state index is 0.0773. The van der Waals surface area contributed by atoms with Gasteiger partial charge in [-0.3, -0.25) is 4.79 Å². The molecule has 0 saturated heterocycles. The molecule has 0 radical (unpaired) electrons. The van der Waals surface area contributed by atoms with Gasteiger partial charge >= 0.3 is 0 Å². The molecular formula is C14H15BrN2O2. The molecular weight excluding hydrogens is 308 g/mol. The largest absolute Gasteiger partial charge is 0.483 e. The molecule has 0 atom stereocenters. The third-order valence-corrected chi connectivity index (χ3v) is 3.90. The van der Waals surface area contributed by atoms with E-state index in [0.29, 0.717) is 5.75 Å². The predicted molar refractivity (Wildman–Crippen MR) is 74.6 cm³/mol. The fourth-order valence-corrected chi connectivity index (χ4v) is 2.65. The quantitative estimate of drug-likeness (QED) is 0.927. The Morgan fingerprint density at radius 1 is 1.42 bits per heavy atom. The van der Waals surface area contributed by atoms with Crippen LogP contribution < -0.4 is 10.1 Å². The predicted octanol–water partition coefficient (Wildman–Crippen LogP) is 2.78. The first-order valence-corrected chi connectivity index (χ1v) is 7.04. The van der Waals surface area contributed by atoms with Crippen LogP contribution in [0.2, 0.25) is 0 Å². The Morgan fingerprint density at radius 2 is 2.11 bits per heavy atom. The standard InChI is InChI=1S/C14H15BrN2O2/c15-11-5-1-2-6-12(11)19-9-13(18)17-14(10-16)7-3-4-8-14/h1-2,5-6H,3-4,7-9H2,(H,17,18). The summed E-state index contributed by atoms with van der Waals surface area (Å²) in [7, 11) is 0. The Hall–Kier alpha value is -1.54. The molecule has 4 nitrogen and oxygen atoms in total. The zero-order valence-corrected chi connectivity index (χ0v) is 12.1. The summed E-state index contributed by atoms with van der Waals surface area (Å²) < 4.78 is 6.23. The minimum atomic E-state index is -0.686. The van der Waals surface area contributed by atoms with Gasteiger partial charge in [-0.2, -0.15) is 5.26 Å². The Morgan fingerprint density at radius 3 is 2.74 bits per heavy atom. The van der Waals surface area contributed by atoms with Crippen molar-refractivity contribution >= 4 is 21.8 Å². The van der Waals surface area contributed by atoms with Gasteiger partial charge in [-0.25, -0.2) is 0 Å². The highest BCUT2D eigenvalue weighted by molar-refractivity contribution is 9.10. The zero-order chi connectivity index (χ0) is 13.7. The van der Waals surface area contributed by atoms with Crippen LogP contribution in [0, 0.1) is 11.3 Å². The molecule has 0 aromatic heterocycles. The lowest BCUT2D eigenvalue weighted by Gasteiger charge is -2.22. The number of ether oxygens (including phenoxy) is 1. The number of carbonyl (C=O) groups excluding carboxylic acids is 1. The monoisotopic (exact) mass is 322 g/mol. The van der Waals surface area contributed by atoms with Crippen LogP contribution in [0.4, 0.5) is 0 Å². The minimum Gasteiger partial charge on any atom is -0.483 e. The number of rotatable bonds is 4. The molecule has 1 aromatic rings. The van der Waals surface area contributed by atoms with Gasteiger partial charge in [0.2, 0.25) is 0 Å². The Kier molecular flexibility index (Phi) is 4.43. The van der Waals surface area contributed by atoms with Crippen LogP contribution in [0.3, 0.4) is 0 Å². The van der Waals surface area contributed by atoms with E-state index in [1.807, 2.05) is 18.2 Å². The van der Waals surface area contributed by atoms with Gasteiger partial charge in [0.1, 0.15) is 11.3 Å². The van der Waals surface area contributed by atoms with Crippen LogP contribution >= 0.6 is 15.9 Å². The number of amides is 1. The van der Waals surface area contributed by atoms with E-state index >= 15 is 0 Å². The Balaban J connectivity index is 1.89. The normalized spacial score (nSPS) is 16.6. The molecule has 2 rings (SSSR count). The van der Waals surface area contributed by atoms with Crippen molar-refractivity contribution in [1.29, 1.82) is 5.26 Å². The Bertz CT molecular complexity index is 504. The maximum Gasteiger partial charge on any atom is 0.259 e. The van der Waals surface area contributed by atoms with Crippen molar-refractivity contribution in [2.75, 3.05) is 6.61 Å². The lowest BCUT2D eigenvalue weighted by Crippen LogP contribution is -2.47. The fraction of sp³-hybridized carbons (Fsp3) is 0.429. The van der Waals surface area contributed by atoms with E-state index in [1.165, 1.54) is 0 Å². The molecule has 0 spiro atoms. The summed E-state index contributed by atoms with van der Waals surface area (Å²) in [6.07, 6.45) is 3.42. The maximum absolute atomic E-state index is 11.8. The van der Waals surface area contributed by atoms with Crippen molar-refractivity contribution in [2.45, 2.75) is 31.2 Å². The lowest BCUT2D eigenvalue weighted by molar-refractivity contribution is -0.124. The molecule has 100 valence electrons. The molecule has 0 unspecified atom stereocenters. The highest BCUT2D eigenvalue weighted by Crippen LogP contribution is 2.29. The van der Waals surface area contributed by atoms with Crippen LogP contribution in [-0.2, 0) is 4.79 Å². The summed E-state index contributed by atoms with van der Waals surface area (Å²) in [5.41, 5.74) is -0.686. The molecule has 0 heterocycles. The summed E-state index contributed by atoms with van der Waals surface area (Å²) in [5, 5.41) is 12.0. The number of para-hydroxylation sites is 1. The summed E-state index contributed by atoms with van der Waals surface area (Å²) in [4.78, 5) is 11.8. The van der Waals surface area contributed by atoms with Crippen molar-refractivity contribution in [3.8, 4) is 11.8 Å². The molecule has 0 bridgehead atoms. The molecule has 1 amide bonds. The van der Waals surface area contributed by atoms with Gasteiger partial charge < -0.3 is 10.1 Å². The van der Waals surface area contributed by atoms with Gasteiger partial charge in [0, 0.05) is 0 Å². The van der Waals surface area contributed by atoms with E-state index in [4.69, 9.17) is 4.74 Å². The van der Waals surface area contributed by atoms with Gasteiger partial charge in [0.15, 0.2) is 6.61 Å². The van der Waals surface area contributed by atoms with E-state index in [9.17, 15) is 10.1 Å². The summed E-state index contributed by atoms with van der Waals surface area (Å²) in [6.45, 7) is -0.0773. The number of carbonyl (C=O) groups is 1. The molecule has 1 aliphatic rings. The Labute approximate surface area is 120 Å². The molecule has 19 heavy (non-hydrogen) atoms. The van der Waals surface area contributed by atoms with Crippen molar-refractivity contribution in [2.24, 2.45) is 0 Å². The molecule has 1 N–H and O–H groups in total. The lowest BCUT2D eigenvalue weighted by atomic mass is 10.00. The van der Waals surface area contributed by atoms with Crippen molar-refractivity contribution < 1.29 is 9.53 Å². The average molecular weight is 323 g/mol. The summed E-state index contributed by atoms with van der Waals surface area (Å²) in [5.74, 6) is 0.370. The van der Waals surface area contributed by atoms with E-state index in [1.54, 1.807) is 6.07 Å². The number of nitrogens with zero attached hydrogens (tertiary/aromatic N) is 1. The third-order valence-electron chi connectivity index (χ3n) is 3.25. The maximum atomic E-state index is 11.8. The first-order valence-electron chi connectivity index (χ1n) is 6.25. The molecule has 1 saturated carbocycles. The number of hydrogen-bond donors (Lipinski definition) is 1. The van der Waals surface area contributed by atoms with Crippen LogP contribution in [0.25, 0.3) is 0 Å². The highest BCUT2D eigenvalue weighted by Gasteiger charge is 2.35. The SMILES string of the molecule is N#CC1(NC(=O)COc2ccccc2Br)CCCC1. The second-order valence-electron chi connectivity index (χ2n) is 4.67. The number of benzene rings is 1. The highest BCUT2D eigenvalue weighted by atomic mass is 79.9. The second kappa shape index (κ2) is 6.07.